The van der Waals surface area contributed by atoms with Gasteiger partial charge in [-0.05, 0) is 49.8 Å². The Bertz CT molecular complexity index is 891. The van der Waals surface area contributed by atoms with Crippen LogP contribution in [0.5, 0.6) is 5.75 Å². The summed E-state index contributed by atoms with van der Waals surface area (Å²) in [6.45, 7) is 1.50. The summed E-state index contributed by atoms with van der Waals surface area (Å²) in [5.41, 5.74) is 1.66. The number of fused-ring (bicyclic) bond motifs is 1. The summed E-state index contributed by atoms with van der Waals surface area (Å²) < 4.78 is 32.5. The van der Waals surface area contributed by atoms with Crippen LogP contribution in [0.15, 0.2) is 18.2 Å². The average molecular weight is 421 g/mol. The number of nitrogens with zero attached hydrogens (tertiary/aromatic N) is 2. The SMILES string of the molecule is COc1cccc2[nH]c(C[C@H]3CN(C4CCC(F)(F)CC4)CC[C@H]3CC(=O)O)nc12. The molecule has 0 radical (unpaired) electrons. The molecular formula is C22H29F2N3O3. The molecule has 30 heavy (non-hydrogen) atoms. The molecule has 6 nitrogen and oxygen atoms in total. The number of para-hydroxylation sites is 1. The zero-order valence-electron chi connectivity index (χ0n) is 17.2. The normalized spacial score (nSPS) is 25.4. The van der Waals surface area contributed by atoms with Crippen molar-refractivity contribution in [1.29, 1.82) is 0 Å². The van der Waals surface area contributed by atoms with Gasteiger partial charge in [-0.3, -0.25) is 4.79 Å². The van der Waals surface area contributed by atoms with Gasteiger partial charge < -0.3 is 19.7 Å². The van der Waals surface area contributed by atoms with Crippen molar-refractivity contribution >= 4 is 17.0 Å². The van der Waals surface area contributed by atoms with Crippen molar-refractivity contribution in [3.8, 4) is 5.75 Å². The standard InChI is InChI=1S/C22H29F2N3O3/c1-30-18-4-2-3-17-21(18)26-19(25-17)11-15-13-27(10-7-14(15)12-20(28)29)16-5-8-22(23,24)9-6-16/h2-4,14-16H,5-13H2,1H3,(H,25,26)(H,28,29)/t14-,15-/m0/s1. The van der Waals surface area contributed by atoms with Gasteiger partial charge in [0.25, 0.3) is 0 Å². The maximum Gasteiger partial charge on any atom is 0.303 e. The van der Waals surface area contributed by atoms with Crippen molar-refractivity contribution in [3.63, 3.8) is 0 Å². The molecule has 1 aromatic heterocycles. The van der Waals surface area contributed by atoms with Gasteiger partial charge in [0.05, 0.1) is 12.6 Å². The number of imidazole rings is 1. The lowest BCUT2D eigenvalue weighted by Crippen LogP contribution is -2.49. The fourth-order valence-corrected chi connectivity index (χ4v) is 5.12. The van der Waals surface area contributed by atoms with E-state index in [4.69, 9.17) is 9.72 Å². The molecule has 1 aliphatic carbocycles. The van der Waals surface area contributed by atoms with E-state index in [2.05, 4.69) is 9.88 Å². The van der Waals surface area contributed by atoms with E-state index in [1.54, 1.807) is 7.11 Å². The lowest BCUT2D eigenvalue weighted by molar-refractivity contribution is -0.139. The quantitative estimate of drug-likeness (QED) is 0.734. The van der Waals surface area contributed by atoms with Crippen molar-refractivity contribution in [2.24, 2.45) is 11.8 Å². The number of hydrogen-bond donors (Lipinski definition) is 2. The van der Waals surface area contributed by atoms with Gasteiger partial charge in [-0.15, -0.1) is 0 Å². The topological polar surface area (TPSA) is 78.5 Å². The van der Waals surface area contributed by atoms with E-state index in [-0.39, 0.29) is 37.1 Å². The van der Waals surface area contributed by atoms with E-state index < -0.39 is 11.9 Å². The van der Waals surface area contributed by atoms with Crippen molar-refractivity contribution in [3.05, 3.63) is 24.0 Å². The molecule has 1 aliphatic heterocycles. The highest BCUT2D eigenvalue weighted by atomic mass is 19.3. The molecule has 2 atom stereocenters. The van der Waals surface area contributed by atoms with Crippen LogP contribution in [0.25, 0.3) is 11.0 Å². The summed E-state index contributed by atoms with van der Waals surface area (Å²) in [5, 5.41) is 9.37. The summed E-state index contributed by atoms with van der Waals surface area (Å²) >= 11 is 0. The predicted octanol–water partition coefficient (Wildman–Crippen LogP) is 4.10. The molecule has 0 unspecified atom stereocenters. The van der Waals surface area contributed by atoms with Crippen LogP contribution in [0, 0.1) is 11.8 Å². The Labute approximate surface area is 174 Å². The zero-order chi connectivity index (χ0) is 21.3. The van der Waals surface area contributed by atoms with Crippen LogP contribution in [0.2, 0.25) is 0 Å². The van der Waals surface area contributed by atoms with E-state index in [9.17, 15) is 18.7 Å². The Kier molecular flexibility index (Phi) is 5.95. The first-order valence-corrected chi connectivity index (χ1v) is 10.7. The Balaban J connectivity index is 1.50. The van der Waals surface area contributed by atoms with Gasteiger partial charge in [0.15, 0.2) is 0 Å². The third kappa shape index (κ3) is 4.58. The fourth-order valence-electron chi connectivity index (χ4n) is 5.12. The van der Waals surface area contributed by atoms with Crippen LogP contribution in [-0.4, -0.2) is 58.1 Å². The molecule has 2 fully saturated rings. The number of piperidine rings is 1. The molecule has 1 saturated carbocycles. The highest BCUT2D eigenvalue weighted by Crippen LogP contribution is 2.38. The number of halogens is 2. The van der Waals surface area contributed by atoms with Gasteiger partial charge in [0.1, 0.15) is 17.1 Å². The Hall–Kier alpha value is -2.22. The number of methoxy groups -OCH3 is 1. The summed E-state index contributed by atoms with van der Waals surface area (Å²) in [6.07, 6.45) is 2.44. The Morgan fingerprint density at radius 3 is 2.77 bits per heavy atom. The number of aromatic amines is 1. The van der Waals surface area contributed by atoms with Gasteiger partial charge in [-0.2, -0.15) is 0 Å². The number of rotatable bonds is 6. The van der Waals surface area contributed by atoms with Crippen LogP contribution >= 0.6 is 0 Å². The number of carboxylic acid groups (broad SMARTS) is 1. The van der Waals surface area contributed by atoms with E-state index in [0.717, 1.165) is 36.4 Å². The summed E-state index contributed by atoms with van der Waals surface area (Å²) in [7, 11) is 1.61. The Morgan fingerprint density at radius 1 is 1.30 bits per heavy atom. The van der Waals surface area contributed by atoms with Gasteiger partial charge >= 0.3 is 5.97 Å². The van der Waals surface area contributed by atoms with Crippen molar-refractivity contribution in [2.45, 2.75) is 56.9 Å². The number of aliphatic carboxylic acids is 1. The first-order valence-electron chi connectivity index (χ1n) is 10.7. The molecule has 8 heteroatoms. The molecule has 0 bridgehead atoms. The largest absolute Gasteiger partial charge is 0.494 e. The van der Waals surface area contributed by atoms with Crippen LogP contribution < -0.4 is 4.74 Å². The van der Waals surface area contributed by atoms with Gasteiger partial charge in [-0.25, -0.2) is 13.8 Å². The number of alkyl halides is 2. The monoisotopic (exact) mass is 421 g/mol. The second-order valence-electron chi connectivity index (χ2n) is 8.73. The zero-order valence-corrected chi connectivity index (χ0v) is 17.2. The smallest absolute Gasteiger partial charge is 0.303 e. The van der Waals surface area contributed by atoms with Crippen LogP contribution in [-0.2, 0) is 11.2 Å². The number of H-pyrrole nitrogens is 1. The lowest BCUT2D eigenvalue weighted by Gasteiger charge is -2.44. The lowest BCUT2D eigenvalue weighted by atomic mass is 9.79. The van der Waals surface area contributed by atoms with Gasteiger partial charge in [0.2, 0.25) is 5.92 Å². The third-order valence-electron chi connectivity index (χ3n) is 6.76. The second kappa shape index (κ2) is 8.49. The first-order chi connectivity index (χ1) is 14.3. The molecular weight excluding hydrogens is 392 g/mol. The highest BCUT2D eigenvalue weighted by Gasteiger charge is 2.40. The molecule has 2 heterocycles. The number of carboxylic acids is 1. The average Bonchev–Trinajstić information content (AvgIpc) is 3.11. The van der Waals surface area contributed by atoms with Crippen molar-refractivity contribution < 1.29 is 23.4 Å². The van der Waals surface area contributed by atoms with Crippen molar-refractivity contribution in [1.82, 2.24) is 14.9 Å². The van der Waals surface area contributed by atoms with E-state index in [0.29, 0.717) is 25.0 Å². The Morgan fingerprint density at radius 2 is 2.07 bits per heavy atom. The molecule has 0 spiro atoms. The first kappa shape index (κ1) is 21.0. The molecule has 4 rings (SSSR count). The molecule has 164 valence electrons. The van der Waals surface area contributed by atoms with Gasteiger partial charge in [-0.1, -0.05) is 6.07 Å². The number of hydrogen-bond acceptors (Lipinski definition) is 4. The predicted molar refractivity (Wildman–Crippen MR) is 109 cm³/mol. The number of ether oxygens (including phenoxy) is 1. The van der Waals surface area contributed by atoms with Crippen molar-refractivity contribution in [2.75, 3.05) is 20.2 Å². The summed E-state index contributed by atoms with van der Waals surface area (Å²) in [6, 6.07) is 5.87. The number of nitrogens with one attached hydrogen (secondary N) is 1. The number of aromatic nitrogens is 2. The number of benzene rings is 1. The maximum absolute atomic E-state index is 13.6. The minimum absolute atomic E-state index is 0.0545. The highest BCUT2D eigenvalue weighted by molar-refractivity contribution is 5.81. The molecule has 1 saturated heterocycles. The van der Waals surface area contributed by atoms with E-state index >= 15 is 0 Å². The van der Waals surface area contributed by atoms with Crippen LogP contribution in [0.3, 0.4) is 0 Å². The minimum Gasteiger partial charge on any atom is -0.494 e. The fraction of sp³-hybridized carbons (Fsp3) is 0.636. The van der Waals surface area contributed by atoms with E-state index in [1.165, 1.54) is 0 Å². The second-order valence-corrected chi connectivity index (χ2v) is 8.73. The number of likely N-dealkylation sites (tertiary alicyclic amines) is 1. The third-order valence-corrected chi connectivity index (χ3v) is 6.76. The number of carbonyl (C=O) groups is 1. The van der Waals surface area contributed by atoms with Crippen LogP contribution in [0.4, 0.5) is 8.78 Å². The molecule has 2 aliphatic rings. The summed E-state index contributed by atoms with van der Waals surface area (Å²) in [4.78, 5) is 21.8. The minimum atomic E-state index is -2.54. The van der Waals surface area contributed by atoms with E-state index in [1.807, 2.05) is 18.2 Å². The molecule has 2 N–H and O–H groups in total. The maximum atomic E-state index is 13.6. The van der Waals surface area contributed by atoms with Crippen LogP contribution in [0.1, 0.15) is 44.3 Å². The molecule has 1 aromatic carbocycles. The molecule has 0 amide bonds. The van der Waals surface area contributed by atoms with Gasteiger partial charge in [0, 0.05) is 38.3 Å². The summed E-state index contributed by atoms with van der Waals surface area (Å²) in [5.74, 6) is -1.65. The molecule has 2 aromatic rings.